The summed E-state index contributed by atoms with van der Waals surface area (Å²) in [5, 5.41) is 11.4. The molecule has 122 valence electrons. The Morgan fingerprint density at radius 1 is 0.957 bits per heavy atom. The highest BCUT2D eigenvalue weighted by Crippen LogP contribution is 2.24. The minimum Gasteiger partial charge on any atom is -0.387 e. The predicted molar refractivity (Wildman–Crippen MR) is 96.1 cm³/mol. The van der Waals surface area contributed by atoms with Gasteiger partial charge in [0.15, 0.2) is 0 Å². The Hall–Kier alpha value is -1.55. The fourth-order valence-electron chi connectivity index (χ4n) is 3.19. The first-order chi connectivity index (χ1) is 11.1. The summed E-state index contributed by atoms with van der Waals surface area (Å²) in [6.07, 6.45) is -0.450. The number of hydrogen-bond acceptors (Lipinski definition) is 3. The van der Waals surface area contributed by atoms with Crippen molar-refractivity contribution < 1.29 is 5.11 Å². The number of aliphatic hydroxyl groups excluding tert-OH is 1. The molecule has 2 atom stereocenters. The van der Waals surface area contributed by atoms with E-state index in [1.54, 1.807) is 0 Å². The van der Waals surface area contributed by atoms with Gasteiger partial charge in [-0.3, -0.25) is 4.90 Å². The molecule has 0 aromatic heterocycles. The molecule has 23 heavy (non-hydrogen) atoms. The third kappa shape index (κ3) is 3.86. The van der Waals surface area contributed by atoms with Gasteiger partial charge in [0.05, 0.1) is 6.10 Å². The summed E-state index contributed by atoms with van der Waals surface area (Å²) in [7, 11) is 0. The van der Waals surface area contributed by atoms with Gasteiger partial charge in [-0.1, -0.05) is 48.0 Å². The van der Waals surface area contributed by atoms with Crippen LogP contribution in [-0.2, 0) is 0 Å². The maximum absolute atomic E-state index is 10.6. The Bertz CT molecular complexity index is 626. The van der Waals surface area contributed by atoms with Crippen molar-refractivity contribution in [2.45, 2.75) is 19.1 Å². The van der Waals surface area contributed by atoms with Crippen molar-refractivity contribution in [3.63, 3.8) is 0 Å². The second-order valence-corrected chi connectivity index (χ2v) is 6.54. The van der Waals surface area contributed by atoms with Crippen LogP contribution in [0.5, 0.6) is 0 Å². The second-order valence-electron chi connectivity index (χ2n) is 6.10. The molecule has 2 aromatic rings. The van der Waals surface area contributed by atoms with E-state index in [1.165, 1.54) is 5.69 Å². The van der Waals surface area contributed by atoms with Crippen molar-refractivity contribution in [3.05, 3.63) is 65.2 Å². The summed E-state index contributed by atoms with van der Waals surface area (Å²) < 4.78 is 0. The summed E-state index contributed by atoms with van der Waals surface area (Å²) in [5.41, 5.74) is 2.16. The lowest BCUT2D eigenvalue weighted by atomic mass is 10.0. The average Bonchev–Trinajstić information content (AvgIpc) is 2.61. The van der Waals surface area contributed by atoms with E-state index >= 15 is 0 Å². The van der Waals surface area contributed by atoms with Gasteiger partial charge in [-0.25, -0.2) is 0 Å². The largest absolute Gasteiger partial charge is 0.387 e. The number of aliphatic hydroxyl groups is 1. The molecule has 2 aromatic carbocycles. The Morgan fingerprint density at radius 2 is 1.65 bits per heavy atom. The molecular formula is C19H23ClN2O. The van der Waals surface area contributed by atoms with E-state index in [9.17, 15) is 5.11 Å². The van der Waals surface area contributed by atoms with E-state index in [-0.39, 0.29) is 6.04 Å². The van der Waals surface area contributed by atoms with Gasteiger partial charge in [0.25, 0.3) is 0 Å². The molecule has 1 saturated heterocycles. The van der Waals surface area contributed by atoms with Crippen molar-refractivity contribution >= 4 is 17.3 Å². The van der Waals surface area contributed by atoms with Crippen LogP contribution in [0.3, 0.4) is 0 Å². The minimum absolute atomic E-state index is 0.110. The molecule has 1 fully saturated rings. The minimum atomic E-state index is -0.450. The van der Waals surface area contributed by atoms with Crippen LogP contribution in [0.2, 0.25) is 5.02 Å². The molecule has 1 aliphatic heterocycles. The SMILES string of the molecule is CC(C(O)c1ccccc1)N1CCN(c2cccc(Cl)c2)CC1. The van der Waals surface area contributed by atoms with Crippen molar-refractivity contribution in [2.24, 2.45) is 0 Å². The highest BCUT2D eigenvalue weighted by atomic mass is 35.5. The predicted octanol–water partition coefficient (Wildman–Crippen LogP) is 3.58. The first kappa shape index (κ1) is 16.3. The first-order valence-corrected chi connectivity index (χ1v) is 8.50. The van der Waals surface area contributed by atoms with Gasteiger partial charge in [0.2, 0.25) is 0 Å². The molecular weight excluding hydrogens is 308 g/mol. The number of halogens is 1. The molecule has 0 bridgehead atoms. The molecule has 4 heteroatoms. The van der Waals surface area contributed by atoms with Gasteiger partial charge in [-0.2, -0.15) is 0 Å². The normalized spacial score (nSPS) is 18.7. The number of piperazine rings is 1. The molecule has 0 amide bonds. The van der Waals surface area contributed by atoms with Gasteiger partial charge in [0, 0.05) is 42.9 Å². The Labute approximate surface area is 143 Å². The molecule has 1 heterocycles. The fraction of sp³-hybridized carbons (Fsp3) is 0.368. The summed E-state index contributed by atoms with van der Waals surface area (Å²) >= 11 is 6.08. The summed E-state index contributed by atoms with van der Waals surface area (Å²) in [6.45, 7) is 5.89. The van der Waals surface area contributed by atoms with Crippen molar-refractivity contribution in [1.29, 1.82) is 0 Å². The quantitative estimate of drug-likeness (QED) is 0.928. The molecule has 3 nitrogen and oxygen atoms in total. The lowest BCUT2D eigenvalue weighted by molar-refractivity contribution is 0.0546. The highest BCUT2D eigenvalue weighted by Gasteiger charge is 2.26. The Morgan fingerprint density at radius 3 is 2.30 bits per heavy atom. The number of rotatable bonds is 4. The van der Waals surface area contributed by atoms with Crippen LogP contribution in [-0.4, -0.2) is 42.2 Å². The van der Waals surface area contributed by atoms with Gasteiger partial charge < -0.3 is 10.0 Å². The monoisotopic (exact) mass is 330 g/mol. The third-order valence-electron chi connectivity index (χ3n) is 4.66. The van der Waals surface area contributed by atoms with Crippen LogP contribution in [0.15, 0.2) is 54.6 Å². The maximum Gasteiger partial charge on any atom is 0.0942 e. The van der Waals surface area contributed by atoms with Crippen LogP contribution in [0, 0.1) is 0 Å². The van der Waals surface area contributed by atoms with E-state index in [0.29, 0.717) is 0 Å². The van der Waals surface area contributed by atoms with E-state index in [0.717, 1.165) is 36.8 Å². The number of hydrogen-bond donors (Lipinski definition) is 1. The van der Waals surface area contributed by atoms with Crippen LogP contribution in [0.25, 0.3) is 0 Å². The van der Waals surface area contributed by atoms with E-state index in [1.807, 2.05) is 48.5 Å². The summed E-state index contributed by atoms with van der Waals surface area (Å²) in [6, 6.07) is 18.0. The Kier molecular flexibility index (Phi) is 5.21. The van der Waals surface area contributed by atoms with Crippen LogP contribution >= 0.6 is 11.6 Å². The fourth-order valence-corrected chi connectivity index (χ4v) is 3.37. The zero-order chi connectivity index (χ0) is 16.2. The third-order valence-corrected chi connectivity index (χ3v) is 4.90. The lowest BCUT2D eigenvalue weighted by Gasteiger charge is -2.40. The highest BCUT2D eigenvalue weighted by molar-refractivity contribution is 6.30. The van der Waals surface area contributed by atoms with Gasteiger partial charge in [-0.15, -0.1) is 0 Å². The maximum atomic E-state index is 10.6. The molecule has 0 radical (unpaired) electrons. The first-order valence-electron chi connectivity index (χ1n) is 8.13. The summed E-state index contributed by atoms with van der Waals surface area (Å²) in [5.74, 6) is 0. The number of benzene rings is 2. The van der Waals surface area contributed by atoms with Crippen LogP contribution in [0.4, 0.5) is 5.69 Å². The van der Waals surface area contributed by atoms with Crippen molar-refractivity contribution in [3.8, 4) is 0 Å². The lowest BCUT2D eigenvalue weighted by Crippen LogP contribution is -2.51. The topological polar surface area (TPSA) is 26.7 Å². The van der Waals surface area contributed by atoms with Crippen LogP contribution in [0.1, 0.15) is 18.6 Å². The molecule has 0 spiro atoms. The van der Waals surface area contributed by atoms with Gasteiger partial charge in [-0.05, 0) is 30.7 Å². The standard InChI is InChI=1S/C19H23ClN2O/c1-15(19(23)16-6-3-2-4-7-16)21-10-12-22(13-11-21)18-9-5-8-17(20)14-18/h2-9,14-15,19,23H,10-13H2,1H3. The van der Waals surface area contributed by atoms with E-state index in [4.69, 9.17) is 11.6 Å². The average molecular weight is 331 g/mol. The zero-order valence-corrected chi connectivity index (χ0v) is 14.2. The van der Waals surface area contributed by atoms with Crippen molar-refractivity contribution in [1.82, 2.24) is 4.90 Å². The Balaban J connectivity index is 1.60. The number of nitrogens with zero attached hydrogens (tertiary/aromatic N) is 2. The molecule has 1 aliphatic rings. The zero-order valence-electron chi connectivity index (χ0n) is 13.4. The second kappa shape index (κ2) is 7.35. The number of anilines is 1. The molecule has 1 N–H and O–H groups in total. The molecule has 2 unspecified atom stereocenters. The smallest absolute Gasteiger partial charge is 0.0942 e. The molecule has 0 aliphatic carbocycles. The molecule has 0 saturated carbocycles. The van der Waals surface area contributed by atoms with Crippen LogP contribution < -0.4 is 4.90 Å². The van der Waals surface area contributed by atoms with E-state index in [2.05, 4.69) is 22.8 Å². The van der Waals surface area contributed by atoms with Gasteiger partial charge >= 0.3 is 0 Å². The van der Waals surface area contributed by atoms with Crippen molar-refractivity contribution in [2.75, 3.05) is 31.1 Å². The van der Waals surface area contributed by atoms with Gasteiger partial charge in [0.1, 0.15) is 0 Å². The van der Waals surface area contributed by atoms with E-state index < -0.39 is 6.10 Å². The summed E-state index contributed by atoms with van der Waals surface area (Å²) in [4.78, 5) is 4.71. The molecule has 3 rings (SSSR count).